The van der Waals surface area contributed by atoms with E-state index in [4.69, 9.17) is 5.11 Å². The molecule has 0 aromatic carbocycles. The van der Waals surface area contributed by atoms with Crippen molar-refractivity contribution in [2.75, 3.05) is 26.2 Å². The third kappa shape index (κ3) is 4.37. The molecule has 1 aliphatic carbocycles. The lowest BCUT2D eigenvalue weighted by Crippen LogP contribution is -2.56. The van der Waals surface area contributed by atoms with Crippen LogP contribution in [0.25, 0.3) is 0 Å². The van der Waals surface area contributed by atoms with Crippen molar-refractivity contribution in [3.8, 4) is 0 Å². The summed E-state index contributed by atoms with van der Waals surface area (Å²) in [6.07, 6.45) is 3.11. The van der Waals surface area contributed by atoms with Crippen molar-refractivity contribution in [2.24, 2.45) is 0 Å². The normalized spacial score (nSPS) is 20.8. The Morgan fingerprint density at radius 1 is 1.20 bits per heavy atom. The summed E-state index contributed by atoms with van der Waals surface area (Å²) in [7, 11) is 0. The van der Waals surface area contributed by atoms with Crippen LogP contribution in [0.3, 0.4) is 0 Å². The van der Waals surface area contributed by atoms with E-state index in [1.54, 1.807) is 0 Å². The summed E-state index contributed by atoms with van der Waals surface area (Å²) in [4.78, 5) is 27.1. The van der Waals surface area contributed by atoms with Crippen LogP contribution in [0.2, 0.25) is 0 Å². The molecule has 2 aliphatic rings. The van der Waals surface area contributed by atoms with E-state index >= 15 is 0 Å². The van der Waals surface area contributed by atoms with Crippen molar-refractivity contribution in [2.45, 2.75) is 51.1 Å². The Hall–Kier alpha value is -1.30. The fourth-order valence-electron chi connectivity index (χ4n) is 2.58. The van der Waals surface area contributed by atoms with Gasteiger partial charge in [0.05, 0.1) is 0 Å². The highest BCUT2D eigenvalue weighted by molar-refractivity contribution is 5.75. The maximum absolute atomic E-state index is 12.2. The molecular weight excluding hydrogens is 258 g/mol. The second-order valence-electron chi connectivity index (χ2n) is 6.46. The molecule has 1 saturated heterocycles. The van der Waals surface area contributed by atoms with E-state index in [9.17, 15) is 9.59 Å². The van der Waals surface area contributed by atoms with Gasteiger partial charge in [0, 0.05) is 44.2 Å². The van der Waals surface area contributed by atoms with Crippen molar-refractivity contribution in [1.82, 2.24) is 15.1 Å². The van der Waals surface area contributed by atoms with E-state index in [0.717, 1.165) is 32.2 Å². The van der Waals surface area contributed by atoms with E-state index in [-0.39, 0.29) is 12.5 Å². The van der Waals surface area contributed by atoms with Gasteiger partial charge >= 0.3 is 12.0 Å². The summed E-state index contributed by atoms with van der Waals surface area (Å²) in [6.45, 7) is 7.17. The van der Waals surface area contributed by atoms with Gasteiger partial charge in [-0.15, -0.1) is 0 Å². The number of carbonyl (C=O) groups is 2. The molecule has 1 saturated carbocycles. The molecule has 2 rings (SSSR count). The summed E-state index contributed by atoms with van der Waals surface area (Å²) in [6, 6.07) is 0.683. The fourth-order valence-corrected chi connectivity index (χ4v) is 2.58. The Kier molecular flexibility index (Phi) is 4.52. The van der Waals surface area contributed by atoms with Gasteiger partial charge in [0.25, 0.3) is 0 Å². The first-order valence-electron chi connectivity index (χ1n) is 7.40. The van der Waals surface area contributed by atoms with Crippen LogP contribution in [-0.4, -0.2) is 64.7 Å². The fraction of sp³-hybridized carbons (Fsp3) is 0.857. The molecule has 2 N–H and O–H groups in total. The molecule has 2 amide bonds. The number of carboxylic acid groups (broad SMARTS) is 1. The minimum atomic E-state index is -0.828. The molecule has 20 heavy (non-hydrogen) atoms. The van der Waals surface area contributed by atoms with Gasteiger partial charge in [0.15, 0.2) is 0 Å². The highest BCUT2D eigenvalue weighted by atomic mass is 16.4. The zero-order chi connectivity index (χ0) is 14.8. The van der Waals surface area contributed by atoms with Gasteiger partial charge in [-0.1, -0.05) is 0 Å². The van der Waals surface area contributed by atoms with E-state index in [2.05, 4.69) is 10.2 Å². The van der Waals surface area contributed by atoms with Crippen LogP contribution >= 0.6 is 0 Å². The Morgan fingerprint density at radius 2 is 1.80 bits per heavy atom. The SMILES string of the molecule is CC(C)(CCC(=O)O)NC(=O)N1CCN(C2CC2)CC1. The minimum absolute atomic E-state index is 0.0722. The summed E-state index contributed by atoms with van der Waals surface area (Å²) in [5.74, 6) is -0.828. The molecule has 0 bridgehead atoms. The van der Waals surface area contributed by atoms with Crippen molar-refractivity contribution >= 4 is 12.0 Å². The lowest BCUT2D eigenvalue weighted by atomic mass is 9.99. The first-order valence-corrected chi connectivity index (χ1v) is 7.40. The average Bonchev–Trinajstić information content (AvgIpc) is 3.20. The van der Waals surface area contributed by atoms with Gasteiger partial charge in [0.1, 0.15) is 0 Å². The summed E-state index contributed by atoms with van der Waals surface area (Å²) in [5.41, 5.74) is -0.483. The quantitative estimate of drug-likeness (QED) is 0.793. The van der Waals surface area contributed by atoms with Gasteiger partial charge in [0.2, 0.25) is 0 Å². The number of carboxylic acids is 1. The summed E-state index contributed by atoms with van der Waals surface area (Å²) in [5, 5.41) is 11.7. The highest BCUT2D eigenvalue weighted by Gasteiger charge is 2.33. The molecule has 0 aromatic heterocycles. The zero-order valence-corrected chi connectivity index (χ0v) is 12.4. The molecule has 0 radical (unpaired) electrons. The van der Waals surface area contributed by atoms with E-state index in [1.807, 2.05) is 18.7 Å². The molecule has 1 aliphatic heterocycles. The van der Waals surface area contributed by atoms with Crippen LogP contribution in [-0.2, 0) is 4.79 Å². The minimum Gasteiger partial charge on any atom is -0.481 e. The Bertz CT molecular complexity index is 372. The molecule has 0 spiro atoms. The van der Waals surface area contributed by atoms with Crippen LogP contribution in [0.15, 0.2) is 0 Å². The second-order valence-corrected chi connectivity index (χ2v) is 6.46. The number of carbonyl (C=O) groups excluding carboxylic acids is 1. The number of hydrogen-bond acceptors (Lipinski definition) is 3. The monoisotopic (exact) mass is 283 g/mol. The van der Waals surface area contributed by atoms with Crippen molar-refractivity contribution in [1.29, 1.82) is 0 Å². The standard InChI is InChI=1S/C14H25N3O3/c1-14(2,6-5-12(18)19)15-13(20)17-9-7-16(8-10-17)11-3-4-11/h11H,3-10H2,1-2H3,(H,15,20)(H,18,19). The second kappa shape index (κ2) is 5.99. The predicted molar refractivity (Wildman–Crippen MR) is 75.6 cm³/mol. The number of amides is 2. The van der Waals surface area contributed by atoms with Crippen LogP contribution in [0.5, 0.6) is 0 Å². The van der Waals surface area contributed by atoms with Crippen molar-refractivity contribution in [3.63, 3.8) is 0 Å². The van der Waals surface area contributed by atoms with Crippen molar-refractivity contribution < 1.29 is 14.7 Å². The number of piperazine rings is 1. The van der Waals surface area contributed by atoms with Crippen LogP contribution in [0.1, 0.15) is 39.5 Å². The third-order valence-corrected chi connectivity index (χ3v) is 4.07. The molecule has 1 heterocycles. The van der Waals surface area contributed by atoms with E-state index < -0.39 is 11.5 Å². The van der Waals surface area contributed by atoms with Crippen LogP contribution in [0, 0.1) is 0 Å². The van der Waals surface area contributed by atoms with Crippen LogP contribution < -0.4 is 5.32 Å². The van der Waals surface area contributed by atoms with Gasteiger partial charge in [-0.2, -0.15) is 0 Å². The number of nitrogens with one attached hydrogen (secondary N) is 1. The molecule has 0 atom stereocenters. The molecule has 114 valence electrons. The Morgan fingerprint density at radius 3 is 2.30 bits per heavy atom. The maximum atomic E-state index is 12.2. The Labute approximate surface area is 120 Å². The largest absolute Gasteiger partial charge is 0.481 e. The maximum Gasteiger partial charge on any atom is 0.317 e. The lowest BCUT2D eigenvalue weighted by molar-refractivity contribution is -0.137. The predicted octanol–water partition coefficient (Wildman–Crippen LogP) is 1.12. The Balaban J connectivity index is 1.75. The molecule has 2 fully saturated rings. The van der Waals surface area contributed by atoms with Gasteiger partial charge in [-0.05, 0) is 33.1 Å². The van der Waals surface area contributed by atoms with Gasteiger partial charge in [-0.25, -0.2) is 4.79 Å². The molecule has 0 aromatic rings. The number of rotatable bonds is 5. The number of urea groups is 1. The first kappa shape index (κ1) is 15.1. The molecular formula is C14H25N3O3. The first-order chi connectivity index (χ1) is 9.37. The number of aliphatic carboxylic acids is 1. The molecule has 6 heteroatoms. The topological polar surface area (TPSA) is 72.9 Å². The number of nitrogens with zero attached hydrogens (tertiary/aromatic N) is 2. The van der Waals surface area contributed by atoms with Crippen molar-refractivity contribution in [3.05, 3.63) is 0 Å². The summed E-state index contributed by atoms with van der Waals surface area (Å²) < 4.78 is 0. The summed E-state index contributed by atoms with van der Waals surface area (Å²) >= 11 is 0. The molecule has 0 unspecified atom stereocenters. The van der Waals surface area contributed by atoms with E-state index in [1.165, 1.54) is 12.8 Å². The number of hydrogen-bond donors (Lipinski definition) is 2. The smallest absolute Gasteiger partial charge is 0.317 e. The highest BCUT2D eigenvalue weighted by Crippen LogP contribution is 2.27. The molecule has 6 nitrogen and oxygen atoms in total. The zero-order valence-electron chi connectivity index (χ0n) is 12.4. The van der Waals surface area contributed by atoms with Gasteiger partial charge in [-0.3, -0.25) is 9.69 Å². The lowest BCUT2D eigenvalue weighted by Gasteiger charge is -2.37. The van der Waals surface area contributed by atoms with Crippen LogP contribution in [0.4, 0.5) is 4.79 Å². The third-order valence-electron chi connectivity index (χ3n) is 4.07. The van der Waals surface area contributed by atoms with E-state index in [0.29, 0.717) is 6.42 Å². The average molecular weight is 283 g/mol. The van der Waals surface area contributed by atoms with Gasteiger partial charge < -0.3 is 15.3 Å².